The van der Waals surface area contributed by atoms with Crippen LogP contribution in [-0.2, 0) is 16.1 Å². The summed E-state index contributed by atoms with van der Waals surface area (Å²) in [7, 11) is 1.37. The number of ether oxygens (including phenoxy) is 1. The number of methoxy groups -OCH3 is 1. The summed E-state index contributed by atoms with van der Waals surface area (Å²) in [5, 5.41) is 0. The van der Waals surface area contributed by atoms with E-state index < -0.39 is 0 Å². The van der Waals surface area contributed by atoms with Gasteiger partial charge in [-0.15, -0.1) is 0 Å². The van der Waals surface area contributed by atoms with Gasteiger partial charge < -0.3 is 9.30 Å². The monoisotopic (exact) mass is 256 g/mol. The van der Waals surface area contributed by atoms with Gasteiger partial charge in [-0.25, -0.2) is 4.79 Å². The minimum atomic E-state index is -0.348. The SMILES string of the molecule is COC(=O)/C=C/c1ccn(Cc2cccnc2)c1C. The van der Waals surface area contributed by atoms with Crippen LogP contribution in [0.4, 0.5) is 0 Å². The maximum Gasteiger partial charge on any atom is 0.330 e. The molecule has 4 heteroatoms. The van der Waals surface area contributed by atoms with Gasteiger partial charge in [0.15, 0.2) is 0 Å². The Morgan fingerprint density at radius 2 is 2.32 bits per heavy atom. The van der Waals surface area contributed by atoms with Crippen LogP contribution in [0.3, 0.4) is 0 Å². The molecule has 0 spiro atoms. The molecule has 19 heavy (non-hydrogen) atoms. The van der Waals surface area contributed by atoms with E-state index in [0.29, 0.717) is 0 Å². The molecule has 2 aromatic heterocycles. The van der Waals surface area contributed by atoms with Crippen LogP contribution in [0.5, 0.6) is 0 Å². The zero-order valence-electron chi connectivity index (χ0n) is 11.0. The summed E-state index contributed by atoms with van der Waals surface area (Å²) in [6.45, 7) is 2.79. The largest absolute Gasteiger partial charge is 0.466 e. The van der Waals surface area contributed by atoms with Gasteiger partial charge in [0, 0.05) is 36.9 Å². The van der Waals surface area contributed by atoms with Crippen molar-refractivity contribution >= 4 is 12.0 Å². The van der Waals surface area contributed by atoms with E-state index in [9.17, 15) is 4.79 Å². The number of hydrogen-bond acceptors (Lipinski definition) is 3. The predicted octanol–water partition coefficient (Wildman–Crippen LogP) is 2.43. The van der Waals surface area contributed by atoms with E-state index >= 15 is 0 Å². The first-order valence-electron chi connectivity index (χ1n) is 6.01. The van der Waals surface area contributed by atoms with Crippen LogP contribution >= 0.6 is 0 Å². The molecule has 4 nitrogen and oxygen atoms in total. The van der Waals surface area contributed by atoms with Crippen LogP contribution in [0, 0.1) is 6.92 Å². The predicted molar refractivity (Wildman–Crippen MR) is 73.6 cm³/mol. The number of carbonyl (C=O) groups excluding carboxylic acids is 1. The Balaban J connectivity index is 2.14. The van der Waals surface area contributed by atoms with Gasteiger partial charge in [-0.2, -0.15) is 0 Å². The molecular weight excluding hydrogens is 240 g/mol. The number of carbonyl (C=O) groups is 1. The van der Waals surface area contributed by atoms with Crippen LogP contribution in [0.1, 0.15) is 16.8 Å². The Morgan fingerprint density at radius 3 is 3.00 bits per heavy atom. The van der Waals surface area contributed by atoms with Crippen LogP contribution in [-0.4, -0.2) is 22.6 Å². The van der Waals surface area contributed by atoms with Crippen molar-refractivity contribution < 1.29 is 9.53 Å². The topological polar surface area (TPSA) is 44.1 Å². The molecule has 0 aliphatic rings. The maximum atomic E-state index is 11.1. The summed E-state index contributed by atoms with van der Waals surface area (Å²) >= 11 is 0. The third-order valence-corrected chi connectivity index (χ3v) is 2.96. The van der Waals surface area contributed by atoms with Gasteiger partial charge in [0.05, 0.1) is 7.11 Å². The van der Waals surface area contributed by atoms with Gasteiger partial charge in [-0.3, -0.25) is 4.98 Å². The van der Waals surface area contributed by atoms with Gasteiger partial charge in [0.2, 0.25) is 0 Å². The molecule has 98 valence electrons. The summed E-state index contributed by atoms with van der Waals surface area (Å²) in [5.74, 6) is -0.348. The average Bonchev–Trinajstić information content (AvgIpc) is 2.78. The molecule has 0 bridgehead atoms. The Bertz CT molecular complexity index is 585. The third kappa shape index (κ3) is 3.31. The fourth-order valence-corrected chi connectivity index (χ4v) is 1.83. The summed E-state index contributed by atoms with van der Waals surface area (Å²) in [6.07, 6.45) is 8.80. The van der Waals surface area contributed by atoms with Crippen molar-refractivity contribution in [3.05, 3.63) is 59.7 Å². The van der Waals surface area contributed by atoms with Gasteiger partial charge >= 0.3 is 5.97 Å². The van der Waals surface area contributed by atoms with Gasteiger partial charge in [0.25, 0.3) is 0 Å². The van der Waals surface area contributed by atoms with E-state index in [-0.39, 0.29) is 5.97 Å². The first-order chi connectivity index (χ1) is 9.20. The van der Waals surface area contributed by atoms with Crippen LogP contribution in [0.2, 0.25) is 0 Å². The highest BCUT2D eigenvalue weighted by Gasteiger charge is 2.03. The van der Waals surface area contributed by atoms with Crippen LogP contribution < -0.4 is 0 Å². The highest BCUT2D eigenvalue weighted by atomic mass is 16.5. The normalized spacial score (nSPS) is 10.8. The molecule has 0 N–H and O–H groups in total. The molecule has 0 unspecified atom stereocenters. The lowest BCUT2D eigenvalue weighted by molar-refractivity contribution is -0.134. The maximum absolute atomic E-state index is 11.1. The Labute approximate surface area is 112 Å². The molecule has 0 aliphatic heterocycles. The molecule has 0 aliphatic carbocycles. The van der Waals surface area contributed by atoms with E-state index in [1.54, 1.807) is 12.3 Å². The molecule has 2 aromatic rings. The number of hydrogen-bond donors (Lipinski definition) is 0. The van der Waals surface area contributed by atoms with Crippen molar-refractivity contribution in [3.8, 4) is 0 Å². The van der Waals surface area contributed by atoms with Crippen molar-refractivity contribution in [3.63, 3.8) is 0 Å². The standard InChI is InChI=1S/C15H16N2O2/c1-12-14(5-6-15(18)19-2)7-9-17(12)11-13-4-3-8-16-10-13/h3-10H,11H2,1-2H3/b6-5+. The zero-order valence-corrected chi connectivity index (χ0v) is 11.0. The fraction of sp³-hybridized carbons (Fsp3) is 0.200. The highest BCUT2D eigenvalue weighted by Crippen LogP contribution is 2.14. The van der Waals surface area contributed by atoms with E-state index in [1.165, 1.54) is 13.2 Å². The first-order valence-corrected chi connectivity index (χ1v) is 6.01. The highest BCUT2D eigenvalue weighted by molar-refractivity contribution is 5.87. The summed E-state index contributed by atoms with van der Waals surface area (Å²) in [6, 6.07) is 5.94. The molecular formula is C15H16N2O2. The van der Waals surface area contributed by atoms with Crippen molar-refractivity contribution in [2.24, 2.45) is 0 Å². The van der Waals surface area contributed by atoms with Crippen LogP contribution in [0.25, 0.3) is 6.08 Å². The van der Waals surface area contributed by atoms with E-state index in [1.807, 2.05) is 37.5 Å². The Morgan fingerprint density at radius 1 is 1.47 bits per heavy atom. The molecule has 0 saturated carbocycles. The van der Waals surface area contributed by atoms with Gasteiger partial charge in [0.1, 0.15) is 0 Å². The summed E-state index contributed by atoms with van der Waals surface area (Å²) in [5.41, 5.74) is 3.25. The third-order valence-electron chi connectivity index (χ3n) is 2.96. The molecule has 2 rings (SSSR count). The number of esters is 1. The van der Waals surface area contributed by atoms with Gasteiger partial charge in [-0.05, 0) is 36.3 Å². The van der Waals surface area contributed by atoms with Crippen LogP contribution in [0.15, 0.2) is 42.9 Å². The smallest absolute Gasteiger partial charge is 0.330 e. The minimum absolute atomic E-state index is 0.348. The molecule has 0 aromatic carbocycles. The second kappa shape index (κ2) is 6.00. The van der Waals surface area contributed by atoms with Crippen molar-refractivity contribution in [2.75, 3.05) is 7.11 Å². The second-order valence-electron chi connectivity index (χ2n) is 4.20. The fourth-order valence-electron chi connectivity index (χ4n) is 1.83. The van der Waals surface area contributed by atoms with Gasteiger partial charge in [-0.1, -0.05) is 6.07 Å². The van der Waals surface area contributed by atoms with E-state index in [2.05, 4.69) is 14.3 Å². The molecule has 0 atom stereocenters. The lowest BCUT2D eigenvalue weighted by atomic mass is 10.2. The van der Waals surface area contributed by atoms with E-state index in [0.717, 1.165) is 23.4 Å². The molecule has 0 fully saturated rings. The quantitative estimate of drug-likeness (QED) is 0.623. The average molecular weight is 256 g/mol. The van der Waals surface area contributed by atoms with Crippen molar-refractivity contribution in [1.82, 2.24) is 9.55 Å². The molecule has 0 radical (unpaired) electrons. The van der Waals surface area contributed by atoms with Crippen molar-refractivity contribution in [2.45, 2.75) is 13.5 Å². The van der Waals surface area contributed by atoms with Crippen molar-refractivity contribution in [1.29, 1.82) is 0 Å². The summed E-state index contributed by atoms with van der Waals surface area (Å²) < 4.78 is 6.69. The van der Waals surface area contributed by atoms with E-state index in [4.69, 9.17) is 0 Å². The molecule has 0 saturated heterocycles. The first kappa shape index (κ1) is 13.1. The Kier molecular flexibility index (Phi) is 4.13. The number of aromatic nitrogens is 2. The number of pyridine rings is 1. The second-order valence-corrected chi connectivity index (χ2v) is 4.20. The minimum Gasteiger partial charge on any atom is -0.466 e. The zero-order chi connectivity index (χ0) is 13.7. The lowest BCUT2D eigenvalue weighted by Gasteiger charge is -2.06. The number of nitrogens with zero attached hydrogens (tertiary/aromatic N) is 2. The lowest BCUT2D eigenvalue weighted by Crippen LogP contribution is -2.01. The Hall–Kier alpha value is -2.36. The molecule has 2 heterocycles. The molecule has 0 amide bonds. The summed E-state index contributed by atoms with van der Waals surface area (Å²) in [4.78, 5) is 15.2. The number of rotatable bonds is 4.